The van der Waals surface area contributed by atoms with E-state index >= 15 is 0 Å². The number of nitrogens with two attached hydrogens (primary N) is 1. The van der Waals surface area contributed by atoms with Crippen molar-refractivity contribution in [3.05, 3.63) is 53.6 Å². The van der Waals surface area contributed by atoms with Gasteiger partial charge in [0, 0.05) is 11.3 Å². The van der Waals surface area contributed by atoms with Crippen LogP contribution in [0.2, 0.25) is 0 Å². The van der Waals surface area contributed by atoms with Crippen LogP contribution in [-0.4, -0.2) is 0 Å². The third-order valence-corrected chi connectivity index (χ3v) is 2.48. The van der Waals surface area contributed by atoms with Gasteiger partial charge in [-0.25, -0.2) is 8.78 Å². The molecule has 0 aliphatic rings. The third kappa shape index (κ3) is 1.89. The number of benzene rings is 2. The highest BCUT2D eigenvalue weighted by Gasteiger charge is 2.06. The van der Waals surface area contributed by atoms with E-state index in [1.165, 1.54) is 24.3 Å². The molecule has 0 aliphatic heterocycles. The van der Waals surface area contributed by atoms with Gasteiger partial charge in [0.1, 0.15) is 11.6 Å². The van der Waals surface area contributed by atoms with E-state index in [1.54, 1.807) is 19.1 Å². The number of hydrogen-bond donors (Lipinski definition) is 1. The Labute approximate surface area is 92.5 Å². The summed E-state index contributed by atoms with van der Waals surface area (Å²) in [4.78, 5) is 0. The summed E-state index contributed by atoms with van der Waals surface area (Å²) in [5.41, 5.74) is 8.05. The maximum Gasteiger partial charge on any atom is 0.126 e. The molecular formula is C13H11F2N. The molecule has 82 valence electrons. The molecular weight excluding hydrogens is 208 g/mol. The lowest BCUT2D eigenvalue weighted by molar-refractivity contribution is 0.618. The Balaban J connectivity index is 2.58. The summed E-state index contributed by atoms with van der Waals surface area (Å²) >= 11 is 0. The summed E-state index contributed by atoms with van der Waals surface area (Å²) in [6.45, 7) is 1.66. The van der Waals surface area contributed by atoms with Crippen LogP contribution in [0.5, 0.6) is 0 Å². The molecule has 2 aromatic rings. The van der Waals surface area contributed by atoms with Gasteiger partial charge in [0.15, 0.2) is 0 Å². The fraction of sp³-hybridized carbons (Fsp3) is 0.0769. The fourth-order valence-electron chi connectivity index (χ4n) is 1.59. The summed E-state index contributed by atoms with van der Waals surface area (Å²) in [5.74, 6) is -0.634. The average Bonchev–Trinajstić information content (AvgIpc) is 2.26. The van der Waals surface area contributed by atoms with Crippen LogP contribution in [0.4, 0.5) is 14.5 Å². The molecule has 0 bridgehead atoms. The number of halogens is 2. The summed E-state index contributed by atoms with van der Waals surface area (Å²) in [7, 11) is 0. The molecule has 0 amide bonds. The lowest BCUT2D eigenvalue weighted by atomic mass is 10.0. The number of rotatable bonds is 1. The van der Waals surface area contributed by atoms with E-state index < -0.39 is 0 Å². The molecule has 0 saturated heterocycles. The lowest BCUT2D eigenvalue weighted by Gasteiger charge is -2.07. The van der Waals surface area contributed by atoms with Crippen LogP contribution < -0.4 is 5.73 Å². The standard InChI is InChI=1S/C13H11F2N/c1-8-6-9(2-4-12(8)15)11-7-10(14)3-5-13(11)16/h2-7H,16H2,1H3. The van der Waals surface area contributed by atoms with Crippen LogP contribution in [0.3, 0.4) is 0 Å². The number of aryl methyl sites for hydroxylation is 1. The second-order valence-electron chi connectivity index (χ2n) is 3.70. The molecule has 0 saturated carbocycles. The highest BCUT2D eigenvalue weighted by atomic mass is 19.1. The number of anilines is 1. The van der Waals surface area contributed by atoms with Crippen molar-refractivity contribution >= 4 is 5.69 Å². The lowest BCUT2D eigenvalue weighted by Crippen LogP contribution is -1.92. The highest BCUT2D eigenvalue weighted by molar-refractivity contribution is 5.76. The molecule has 0 heterocycles. The second kappa shape index (κ2) is 3.93. The van der Waals surface area contributed by atoms with Gasteiger partial charge in [-0.15, -0.1) is 0 Å². The average molecular weight is 219 g/mol. The van der Waals surface area contributed by atoms with Crippen molar-refractivity contribution in [1.82, 2.24) is 0 Å². The third-order valence-electron chi connectivity index (χ3n) is 2.48. The van der Waals surface area contributed by atoms with Crippen LogP contribution in [0, 0.1) is 18.6 Å². The molecule has 0 aromatic heterocycles. The zero-order valence-corrected chi connectivity index (χ0v) is 8.80. The Morgan fingerprint density at radius 3 is 2.44 bits per heavy atom. The van der Waals surface area contributed by atoms with E-state index in [-0.39, 0.29) is 11.6 Å². The van der Waals surface area contributed by atoms with Gasteiger partial charge in [-0.2, -0.15) is 0 Å². The minimum atomic E-state index is -0.355. The zero-order chi connectivity index (χ0) is 11.7. The fourth-order valence-corrected chi connectivity index (χ4v) is 1.59. The largest absolute Gasteiger partial charge is 0.398 e. The van der Waals surface area contributed by atoms with Gasteiger partial charge in [0.25, 0.3) is 0 Å². The Kier molecular flexibility index (Phi) is 2.60. The first kappa shape index (κ1) is 10.6. The molecule has 0 atom stereocenters. The molecule has 2 rings (SSSR count). The van der Waals surface area contributed by atoms with Gasteiger partial charge in [0.2, 0.25) is 0 Å². The molecule has 0 unspecified atom stereocenters. The molecule has 0 spiro atoms. The van der Waals surface area contributed by atoms with E-state index in [2.05, 4.69) is 0 Å². The van der Waals surface area contributed by atoms with Crippen LogP contribution in [0.15, 0.2) is 36.4 Å². The normalized spacial score (nSPS) is 10.4. The summed E-state index contributed by atoms with van der Waals surface area (Å²) in [6, 6.07) is 8.75. The maximum absolute atomic E-state index is 13.1. The van der Waals surface area contributed by atoms with Crippen LogP contribution in [0.1, 0.15) is 5.56 Å². The molecule has 3 heteroatoms. The zero-order valence-electron chi connectivity index (χ0n) is 8.80. The predicted molar refractivity (Wildman–Crippen MR) is 60.9 cm³/mol. The molecule has 16 heavy (non-hydrogen) atoms. The van der Waals surface area contributed by atoms with Crippen molar-refractivity contribution < 1.29 is 8.78 Å². The molecule has 1 nitrogen and oxygen atoms in total. The summed E-state index contributed by atoms with van der Waals surface area (Å²) in [6.07, 6.45) is 0. The van der Waals surface area contributed by atoms with E-state index in [1.807, 2.05) is 0 Å². The first-order chi connectivity index (χ1) is 7.58. The topological polar surface area (TPSA) is 26.0 Å². The molecule has 0 fully saturated rings. The van der Waals surface area contributed by atoms with E-state index in [9.17, 15) is 8.78 Å². The van der Waals surface area contributed by atoms with Gasteiger partial charge in [-0.1, -0.05) is 6.07 Å². The van der Waals surface area contributed by atoms with Gasteiger partial charge in [-0.3, -0.25) is 0 Å². The smallest absolute Gasteiger partial charge is 0.126 e. The van der Waals surface area contributed by atoms with Crippen molar-refractivity contribution in [3.63, 3.8) is 0 Å². The van der Waals surface area contributed by atoms with Gasteiger partial charge >= 0.3 is 0 Å². The van der Waals surface area contributed by atoms with Crippen molar-refractivity contribution in [2.75, 3.05) is 5.73 Å². The second-order valence-corrected chi connectivity index (χ2v) is 3.70. The predicted octanol–water partition coefficient (Wildman–Crippen LogP) is 3.52. The monoisotopic (exact) mass is 219 g/mol. The summed E-state index contributed by atoms with van der Waals surface area (Å²) < 4.78 is 26.2. The summed E-state index contributed by atoms with van der Waals surface area (Å²) in [5, 5.41) is 0. The van der Waals surface area contributed by atoms with Crippen LogP contribution in [0.25, 0.3) is 11.1 Å². The molecule has 2 aromatic carbocycles. The van der Waals surface area contributed by atoms with Crippen molar-refractivity contribution in [2.24, 2.45) is 0 Å². The van der Waals surface area contributed by atoms with Gasteiger partial charge in [-0.05, 0) is 48.4 Å². The Hall–Kier alpha value is -1.90. The SMILES string of the molecule is Cc1cc(-c2cc(F)ccc2N)ccc1F. The van der Waals surface area contributed by atoms with Gasteiger partial charge < -0.3 is 5.73 Å². The van der Waals surface area contributed by atoms with Crippen LogP contribution in [-0.2, 0) is 0 Å². The van der Waals surface area contributed by atoms with E-state index in [0.717, 1.165) is 5.56 Å². The Bertz CT molecular complexity index is 535. The molecule has 2 N–H and O–H groups in total. The first-order valence-corrected chi connectivity index (χ1v) is 4.89. The van der Waals surface area contributed by atoms with Gasteiger partial charge in [0.05, 0.1) is 0 Å². The highest BCUT2D eigenvalue weighted by Crippen LogP contribution is 2.27. The van der Waals surface area contributed by atoms with E-state index in [0.29, 0.717) is 16.8 Å². The number of hydrogen-bond acceptors (Lipinski definition) is 1. The minimum absolute atomic E-state index is 0.279. The quantitative estimate of drug-likeness (QED) is 0.729. The molecule has 0 radical (unpaired) electrons. The van der Waals surface area contributed by atoms with Crippen molar-refractivity contribution in [3.8, 4) is 11.1 Å². The maximum atomic E-state index is 13.1. The number of nitrogen functional groups attached to an aromatic ring is 1. The van der Waals surface area contributed by atoms with Crippen molar-refractivity contribution in [1.29, 1.82) is 0 Å². The minimum Gasteiger partial charge on any atom is -0.398 e. The molecule has 0 aliphatic carbocycles. The van der Waals surface area contributed by atoms with Crippen molar-refractivity contribution in [2.45, 2.75) is 6.92 Å². The Morgan fingerprint density at radius 2 is 1.75 bits per heavy atom. The van der Waals surface area contributed by atoms with Crippen LogP contribution >= 0.6 is 0 Å². The van der Waals surface area contributed by atoms with E-state index in [4.69, 9.17) is 5.73 Å². The Morgan fingerprint density at radius 1 is 1.00 bits per heavy atom. The first-order valence-electron chi connectivity index (χ1n) is 4.89.